The topological polar surface area (TPSA) is 108 Å². The van der Waals surface area contributed by atoms with E-state index < -0.39 is 19.2 Å². The molecule has 190 valence electrons. The zero-order valence-electron chi connectivity index (χ0n) is 24.9. The number of aromatic nitrogens is 6. The van der Waals surface area contributed by atoms with Gasteiger partial charge in [-0.05, 0) is 62.2 Å². The molecular weight excluding hydrogens is 485 g/mol. The SMILES string of the molecule is [2H]C([2H])([2H])C([2H])([2H])Oc1ccc(-c2nnc(C3CC(NC(=O)c4ccnc5cccnc45)C3)n2-c2ccccc2F)nc1. The molecule has 1 fully saturated rings. The molecule has 0 radical (unpaired) electrons. The summed E-state index contributed by atoms with van der Waals surface area (Å²) in [5.74, 6) is -0.295. The Morgan fingerprint density at radius 2 is 2.00 bits per heavy atom. The molecule has 0 bridgehead atoms. The number of ether oxygens (including phenoxy) is 1. The number of rotatable bonds is 7. The average molecular weight is 515 g/mol. The summed E-state index contributed by atoms with van der Waals surface area (Å²) >= 11 is 0. The van der Waals surface area contributed by atoms with E-state index >= 15 is 4.39 Å². The fourth-order valence-corrected chi connectivity index (χ4v) is 4.60. The predicted octanol–water partition coefficient (Wildman–Crippen LogP) is 4.49. The number of pyridine rings is 3. The van der Waals surface area contributed by atoms with Gasteiger partial charge in [0.15, 0.2) is 5.82 Å². The number of fused-ring (bicyclic) bond motifs is 1. The smallest absolute Gasteiger partial charge is 0.253 e. The van der Waals surface area contributed by atoms with Gasteiger partial charge in [-0.2, -0.15) is 0 Å². The molecule has 10 heteroatoms. The first-order chi connectivity index (χ1) is 20.5. The van der Waals surface area contributed by atoms with Gasteiger partial charge >= 0.3 is 0 Å². The average Bonchev–Trinajstić information content (AvgIpc) is 3.38. The second-order valence-corrected chi connectivity index (χ2v) is 8.82. The highest BCUT2D eigenvalue weighted by Crippen LogP contribution is 2.39. The molecule has 1 N–H and O–H groups in total. The number of amides is 1. The van der Waals surface area contributed by atoms with Crippen molar-refractivity contribution in [3.8, 4) is 23.0 Å². The van der Waals surface area contributed by atoms with Crippen molar-refractivity contribution < 1.29 is 20.8 Å². The van der Waals surface area contributed by atoms with Crippen LogP contribution in [-0.2, 0) is 0 Å². The first-order valence-corrected chi connectivity index (χ1v) is 11.9. The lowest BCUT2D eigenvalue weighted by Gasteiger charge is -2.35. The molecule has 6 rings (SSSR count). The van der Waals surface area contributed by atoms with Crippen molar-refractivity contribution in [1.82, 2.24) is 35.0 Å². The van der Waals surface area contributed by atoms with Crippen molar-refractivity contribution in [3.63, 3.8) is 0 Å². The van der Waals surface area contributed by atoms with E-state index in [0.717, 1.165) is 0 Å². The Bertz CT molecular complexity index is 1800. The van der Waals surface area contributed by atoms with Crippen LogP contribution < -0.4 is 10.1 Å². The number of carbonyl (C=O) groups is 1. The lowest BCUT2D eigenvalue weighted by molar-refractivity contribution is 0.0908. The summed E-state index contributed by atoms with van der Waals surface area (Å²) in [6.45, 7) is -5.93. The molecule has 38 heavy (non-hydrogen) atoms. The van der Waals surface area contributed by atoms with Gasteiger partial charge in [-0.3, -0.25) is 19.3 Å². The van der Waals surface area contributed by atoms with Crippen molar-refractivity contribution in [3.05, 3.63) is 90.4 Å². The Hall–Kier alpha value is -4.73. The van der Waals surface area contributed by atoms with E-state index in [1.165, 1.54) is 24.4 Å². The monoisotopic (exact) mass is 514 g/mol. The van der Waals surface area contributed by atoms with Crippen LogP contribution in [0, 0.1) is 5.82 Å². The van der Waals surface area contributed by atoms with Crippen molar-refractivity contribution in [2.45, 2.75) is 31.7 Å². The van der Waals surface area contributed by atoms with Gasteiger partial charge in [-0.15, -0.1) is 10.2 Å². The van der Waals surface area contributed by atoms with Gasteiger partial charge in [0.1, 0.15) is 28.6 Å². The highest BCUT2D eigenvalue weighted by atomic mass is 19.1. The van der Waals surface area contributed by atoms with Crippen LogP contribution >= 0.6 is 0 Å². The van der Waals surface area contributed by atoms with E-state index in [-0.39, 0.29) is 40.8 Å². The van der Waals surface area contributed by atoms with Crippen LogP contribution in [0.15, 0.2) is 73.2 Å². The molecule has 9 nitrogen and oxygen atoms in total. The van der Waals surface area contributed by atoms with Crippen molar-refractivity contribution in [1.29, 1.82) is 0 Å². The van der Waals surface area contributed by atoms with Crippen molar-refractivity contribution >= 4 is 16.9 Å². The molecule has 1 saturated carbocycles. The van der Waals surface area contributed by atoms with Gasteiger partial charge in [-0.1, -0.05) is 12.1 Å². The highest BCUT2D eigenvalue weighted by molar-refractivity contribution is 6.04. The number of para-hydroxylation sites is 1. The van der Waals surface area contributed by atoms with E-state index in [9.17, 15) is 4.79 Å². The first-order valence-electron chi connectivity index (χ1n) is 14.4. The summed E-state index contributed by atoms with van der Waals surface area (Å²) in [4.78, 5) is 25.9. The maximum atomic E-state index is 15.1. The normalized spacial score (nSPS) is 19.3. The molecule has 0 unspecified atom stereocenters. The van der Waals surface area contributed by atoms with Crippen LogP contribution in [0.3, 0.4) is 0 Å². The lowest BCUT2D eigenvalue weighted by atomic mass is 9.79. The summed E-state index contributed by atoms with van der Waals surface area (Å²) in [5, 5.41) is 11.7. The minimum atomic E-state index is -3.01. The third-order valence-electron chi connectivity index (χ3n) is 6.50. The van der Waals surface area contributed by atoms with Crippen LogP contribution in [-0.4, -0.2) is 48.2 Å². The van der Waals surface area contributed by atoms with Crippen LogP contribution in [0.1, 0.15) is 48.6 Å². The van der Waals surface area contributed by atoms with Crippen LogP contribution in [0.2, 0.25) is 0 Å². The predicted molar refractivity (Wildman–Crippen MR) is 138 cm³/mol. The molecule has 0 spiro atoms. The minimum absolute atomic E-state index is 0.100. The summed E-state index contributed by atoms with van der Waals surface area (Å²) in [5.41, 5.74) is 2.05. The summed E-state index contributed by atoms with van der Waals surface area (Å²) in [6, 6.07) is 14.0. The zero-order valence-corrected chi connectivity index (χ0v) is 19.9. The van der Waals surface area contributed by atoms with Gasteiger partial charge in [-0.25, -0.2) is 9.37 Å². The maximum absolute atomic E-state index is 15.1. The first kappa shape index (κ1) is 18.5. The fraction of sp³-hybridized carbons (Fsp3) is 0.214. The van der Waals surface area contributed by atoms with E-state index in [2.05, 4.69) is 30.5 Å². The number of benzene rings is 1. The molecule has 0 atom stereocenters. The van der Waals surface area contributed by atoms with Crippen LogP contribution in [0.4, 0.5) is 4.39 Å². The largest absolute Gasteiger partial charge is 0.492 e. The number of nitrogens with zero attached hydrogens (tertiary/aromatic N) is 6. The van der Waals surface area contributed by atoms with Gasteiger partial charge < -0.3 is 10.1 Å². The van der Waals surface area contributed by atoms with Gasteiger partial charge in [0.2, 0.25) is 0 Å². The third-order valence-corrected chi connectivity index (χ3v) is 6.50. The standard InChI is InChI=1S/C28H24FN7O2/c1-2-38-19-9-10-23(32-16-19)27-35-34-26(36(27)24-8-4-3-6-21(24)29)17-14-18(15-17)33-28(37)20-11-13-30-22-7-5-12-31-25(20)22/h3-13,16-18H,2,14-15H2,1H3,(H,33,37)/i1D3,2D2. The number of halogens is 1. The molecule has 1 amide bonds. The molecule has 0 aliphatic heterocycles. The second-order valence-electron chi connectivity index (χ2n) is 8.82. The molecule has 5 aromatic rings. The number of carbonyl (C=O) groups excluding carboxylic acids is 1. The number of nitrogens with one attached hydrogen (secondary N) is 1. The fourth-order valence-electron chi connectivity index (χ4n) is 4.60. The number of hydrogen-bond acceptors (Lipinski definition) is 7. The second kappa shape index (κ2) is 9.97. The Kier molecular flexibility index (Phi) is 4.85. The Morgan fingerprint density at radius 3 is 2.82 bits per heavy atom. The van der Waals surface area contributed by atoms with E-state index in [0.29, 0.717) is 35.3 Å². The Labute approximate surface area is 224 Å². The van der Waals surface area contributed by atoms with Crippen molar-refractivity contribution in [2.24, 2.45) is 0 Å². The summed E-state index contributed by atoms with van der Waals surface area (Å²) in [6.07, 6.45) is 5.43. The molecule has 1 aromatic carbocycles. The lowest BCUT2D eigenvalue weighted by Crippen LogP contribution is -2.44. The number of hydrogen-bond donors (Lipinski definition) is 1. The van der Waals surface area contributed by atoms with E-state index in [1.807, 2.05) is 0 Å². The third kappa shape index (κ3) is 4.34. The maximum Gasteiger partial charge on any atom is 0.253 e. The molecule has 0 saturated heterocycles. The molecule has 1 aliphatic carbocycles. The van der Waals surface area contributed by atoms with Crippen LogP contribution in [0.25, 0.3) is 28.2 Å². The quantitative estimate of drug-likeness (QED) is 0.341. The zero-order chi connectivity index (χ0) is 30.4. The molecule has 4 heterocycles. The van der Waals surface area contributed by atoms with Gasteiger partial charge in [0.05, 0.1) is 32.3 Å². The molecule has 4 aromatic heterocycles. The summed E-state index contributed by atoms with van der Waals surface area (Å²) < 4.78 is 59.0. The van der Waals surface area contributed by atoms with E-state index in [4.69, 9.17) is 11.6 Å². The Balaban J connectivity index is 1.24. The summed E-state index contributed by atoms with van der Waals surface area (Å²) in [7, 11) is 0. The minimum Gasteiger partial charge on any atom is -0.492 e. The molecular formula is C28H24FN7O2. The van der Waals surface area contributed by atoms with Crippen LogP contribution in [0.5, 0.6) is 5.75 Å². The van der Waals surface area contributed by atoms with Crippen molar-refractivity contribution in [2.75, 3.05) is 6.56 Å². The van der Waals surface area contributed by atoms with Gasteiger partial charge in [0.25, 0.3) is 5.91 Å². The Morgan fingerprint density at radius 1 is 1.11 bits per heavy atom. The highest BCUT2D eigenvalue weighted by Gasteiger charge is 2.36. The van der Waals surface area contributed by atoms with E-state index in [1.54, 1.807) is 53.4 Å². The molecule has 1 aliphatic rings. The van der Waals surface area contributed by atoms with Gasteiger partial charge in [0, 0.05) is 28.5 Å².